The highest BCUT2D eigenvalue weighted by Crippen LogP contribution is 1.60. The third-order valence-corrected chi connectivity index (χ3v) is 0.250. The van der Waals surface area contributed by atoms with Crippen LogP contribution in [0.5, 0.6) is 0 Å². The predicted octanol–water partition coefficient (Wildman–Crippen LogP) is -0.896. The zero-order valence-electron chi connectivity index (χ0n) is 4.95. The van der Waals surface area contributed by atoms with Crippen LogP contribution in [0.3, 0.4) is 0 Å². The van der Waals surface area contributed by atoms with Crippen LogP contribution < -0.4 is 0 Å². The minimum atomic E-state index is -1.41. The topological polar surface area (TPSA) is 94.8 Å². The molecule has 0 rings (SSSR count). The SMILES string of the molecule is O=C(O)CF.O=C(O)CO. The fraction of sp³-hybridized carbons (Fsp3) is 0.500. The second kappa shape index (κ2) is 7.83. The van der Waals surface area contributed by atoms with E-state index >= 15 is 0 Å². The Morgan fingerprint density at radius 1 is 1.20 bits per heavy atom. The smallest absolute Gasteiger partial charge is 0.335 e. The van der Waals surface area contributed by atoms with Crippen molar-refractivity contribution < 1.29 is 29.3 Å². The highest BCUT2D eigenvalue weighted by atomic mass is 19.1. The monoisotopic (exact) mass is 154 g/mol. The summed E-state index contributed by atoms with van der Waals surface area (Å²) in [5, 5.41) is 22.4. The standard InChI is InChI=1S/C2H3FO2.C2H4O3/c2*3-1-2(4)5/h1H2,(H,4,5);3H,1H2,(H,4,5). The molecule has 0 bridgehead atoms. The average molecular weight is 154 g/mol. The Kier molecular flexibility index (Phi) is 9.09. The average Bonchev–Trinajstić information content (AvgIpc) is 1.89. The molecule has 0 heterocycles. The van der Waals surface area contributed by atoms with Gasteiger partial charge in [-0.15, -0.1) is 0 Å². The number of aliphatic hydroxyl groups is 1. The molecule has 0 radical (unpaired) electrons. The van der Waals surface area contributed by atoms with Gasteiger partial charge >= 0.3 is 11.9 Å². The van der Waals surface area contributed by atoms with Crippen molar-refractivity contribution >= 4 is 11.9 Å². The fourth-order valence-corrected chi connectivity index (χ4v) is 0. The van der Waals surface area contributed by atoms with Gasteiger partial charge in [-0.3, -0.25) is 0 Å². The fourth-order valence-electron chi connectivity index (χ4n) is 0. The molecule has 6 heteroatoms. The summed E-state index contributed by atoms with van der Waals surface area (Å²) in [6.07, 6.45) is 0. The summed E-state index contributed by atoms with van der Waals surface area (Å²) >= 11 is 0. The predicted molar refractivity (Wildman–Crippen MR) is 28.3 cm³/mol. The summed E-state index contributed by atoms with van der Waals surface area (Å²) in [6, 6.07) is 0. The number of rotatable bonds is 2. The highest BCUT2D eigenvalue weighted by molar-refractivity contribution is 5.67. The van der Waals surface area contributed by atoms with E-state index in [-0.39, 0.29) is 0 Å². The first kappa shape index (κ1) is 11.6. The van der Waals surface area contributed by atoms with Gasteiger partial charge in [0.1, 0.15) is 6.61 Å². The number of carboxylic acid groups (broad SMARTS) is 2. The van der Waals surface area contributed by atoms with Crippen LogP contribution in [0.2, 0.25) is 0 Å². The van der Waals surface area contributed by atoms with Gasteiger partial charge in [0.15, 0.2) is 6.67 Å². The van der Waals surface area contributed by atoms with Crippen molar-refractivity contribution in [2.75, 3.05) is 13.3 Å². The number of carbonyl (C=O) groups is 2. The third kappa shape index (κ3) is 29.0. The van der Waals surface area contributed by atoms with E-state index < -0.39 is 25.2 Å². The molecule has 0 aliphatic rings. The van der Waals surface area contributed by atoms with Crippen LogP contribution in [0.1, 0.15) is 0 Å². The molecule has 0 unspecified atom stereocenters. The second-order valence-corrected chi connectivity index (χ2v) is 1.08. The lowest BCUT2D eigenvalue weighted by molar-refractivity contribution is -0.140. The van der Waals surface area contributed by atoms with Gasteiger partial charge in [-0.1, -0.05) is 0 Å². The van der Waals surface area contributed by atoms with Crippen molar-refractivity contribution in [1.82, 2.24) is 0 Å². The lowest BCUT2D eigenvalue weighted by Crippen LogP contribution is -1.98. The number of alkyl halides is 1. The van der Waals surface area contributed by atoms with Gasteiger partial charge < -0.3 is 15.3 Å². The maximum Gasteiger partial charge on any atom is 0.335 e. The number of hydrogen-bond acceptors (Lipinski definition) is 3. The molecule has 0 amide bonds. The first-order valence-corrected chi connectivity index (χ1v) is 2.15. The number of carboxylic acids is 2. The van der Waals surface area contributed by atoms with Crippen molar-refractivity contribution in [3.63, 3.8) is 0 Å². The summed E-state index contributed by atoms with van der Waals surface area (Å²) in [7, 11) is 0. The van der Waals surface area contributed by atoms with E-state index in [2.05, 4.69) is 0 Å². The number of hydrogen-bond donors (Lipinski definition) is 3. The Balaban J connectivity index is 0. The Morgan fingerprint density at radius 2 is 1.40 bits per heavy atom. The molecular weight excluding hydrogens is 147 g/mol. The third-order valence-electron chi connectivity index (χ3n) is 0.250. The van der Waals surface area contributed by atoms with Crippen LogP contribution >= 0.6 is 0 Å². The maximum absolute atomic E-state index is 10.5. The van der Waals surface area contributed by atoms with Crippen molar-refractivity contribution in [2.24, 2.45) is 0 Å². The molecule has 0 atom stereocenters. The number of aliphatic carboxylic acids is 2. The van der Waals surface area contributed by atoms with Crippen LogP contribution in [-0.4, -0.2) is 40.5 Å². The summed E-state index contributed by atoms with van der Waals surface area (Å²) in [5.41, 5.74) is 0. The first-order valence-electron chi connectivity index (χ1n) is 2.15. The van der Waals surface area contributed by atoms with Crippen LogP contribution in [0.4, 0.5) is 4.39 Å². The van der Waals surface area contributed by atoms with E-state index in [1.807, 2.05) is 0 Å². The van der Waals surface area contributed by atoms with Gasteiger partial charge in [0.2, 0.25) is 0 Å². The molecule has 0 aromatic rings. The van der Waals surface area contributed by atoms with Crippen LogP contribution in [0.15, 0.2) is 0 Å². The van der Waals surface area contributed by atoms with Gasteiger partial charge in [0, 0.05) is 0 Å². The van der Waals surface area contributed by atoms with Crippen molar-refractivity contribution in [3.8, 4) is 0 Å². The Labute approximate surface area is 55.7 Å². The Bertz CT molecular complexity index is 98.2. The van der Waals surface area contributed by atoms with Gasteiger partial charge in [0.05, 0.1) is 0 Å². The van der Waals surface area contributed by atoms with Gasteiger partial charge in [-0.05, 0) is 0 Å². The van der Waals surface area contributed by atoms with Crippen LogP contribution in [0, 0.1) is 0 Å². The first-order chi connectivity index (χ1) is 4.54. The molecule has 5 nitrogen and oxygen atoms in total. The van der Waals surface area contributed by atoms with E-state index in [0.29, 0.717) is 0 Å². The summed E-state index contributed by atoms with van der Waals surface area (Å²) in [4.78, 5) is 18.1. The van der Waals surface area contributed by atoms with Crippen LogP contribution in [-0.2, 0) is 9.59 Å². The largest absolute Gasteiger partial charge is 0.480 e. The quantitative estimate of drug-likeness (QED) is 0.479. The molecule has 10 heavy (non-hydrogen) atoms. The minimum Gasteiger partial charge on any atom is -0.480 e. The second-order valence-electron chi connectivity index (χ2n) is 1.08. The molecule has 0 fully saturated rings. The normalized spacial score (nSPS) is 7.40. The summed E-state index contributed by atoms with van der Waals surface area (Å²) < 4.78 is 10.5. The molecular formula is C4H7FO5. The zero-order chi connectivity index (χ0) is 8.57. The van der Waals surface area contributed by atoms with Gasteiger partial charge in [0.25, 0.3) is 0 Å². The molecule has 60 valence electrons. The van der Waals surface area contributed by atoms with E-state index in [9.17, 15) is 4.39 Å². The molecule has 0 aliphatic heterocycles. The summed E-state index contributed by atoms with van der Waals surface area (Å²) in [5.74, 6) is -2.60. The number of halogens is 1. The molecule has 0 saturated carbocycles. The molecule has 0 saturated heterocycles. The van der Waals surface area contributed by atoms with Gasteiger partial charge in [-0.25, -0.2) is 14.0 Å². The lowest BCUT2D eigenvalue weighted by Gasteiger charge is -1.72. The molecule has 3 N–H and O–H groups in total. The van der Waals surface area contributed by atoms with E-state index in [1.165, 1.54) is 0 Å². The molecule has 0 spiro atoms. The minimum absolute atomic E-state index is 0.778. The maximum atomic E-state index is 10.5. The van der Waals surface area contributed by atoms with E-state index in [4.69, 9.17) is 24.9 Å². The highest BCUT2D eigenvalue weighted by Gasteiger charge is 1.85. The van der Waals surface area contributed by atoms with Crippen molar-refractivity contribution in [3.05, 3.63) is 0 Å². The summed E-state index contributed by atoms with van der Waals surface area (Å²) in [6.45, 7) is -2.06. The van der Waals surface area contributed by atoms with Crippen LogP contribution in [0.25, 0.3) is 0 Å². The van der Waals surface area contributed by atoms with Crippen molar-refractivity contribution in [1.29, 1.82) is 0 Å². The number of aliphatic hydroxyl groups excluding tert-OH is 1. The Hall–Kier alpha value is -1.17. The van der Waals surface area contributed by atoms with Crippen molar-refractivity contribution in [2.45, 2.75) is 0 Å². The zero-order valence-corrected chi connectivity index (χ0v) is 4.95. The Morgan fingerprint density at radius 3 is 1.40 bits per heavy atom. The lowest BCUT2D eigenvalue weighted by atomic mass is 10.8. The van der Waals surface area contributed by atoms with E-state index in [1.54, 1.807) is 0 Å². The van der Waals surface area contributed by atoms with E-state index in [0.717, 1.165) is 0 Å². The molecule has 0 aromatic heterocycles. The molecule has 0 aromatic carbocycles. The molecule has 0 aliphatic carbocycles. The van der Waals surface area contributed by atoms with Gasteiger partial charge in [-0.2, -0.15) is 0 Å².